The molecule has 0 amide bonds. The molecule has 0 saturated heterocycles. The predicted molar refractivity (Wildman–Crippen MR) is 57.1 cm³/mol. The molecule has 0 aromatic heterocycles. The minimum atomic E-state index is -0.185. The summed E-state index contributed by atoms with van der Waals surface area (Å²) in [4.78, 5) is 10.7. The maximum absolute atomic E-state index is 10.7. The number of hydrogen-bond acceptors (Lipinski definition) is 2. The largest absolute Gasteiger partial charge is 0.494 e. The highest BCUT2D eigenvalue weighted by atomic mass is 35.5. The SMILES string of the molecule is CCOc1ccc(Cl)cc1C(C)C=O. The standard InChI is InChI=1S/C11H13ClO2/c1-3-14-11-5-4-9(12)6-10(11)8(2)7-13/h4-8H,3H2,1-2H3. The zero-order valence-corrected chi connectivity index (χ0v) is 9.04. The van der Waals surface area contributed by atoms with Crippen molar-refractivity contribution in [1.29, 1.82) is 0 Å². The molecular weight excluding hydrogens is 200 g/mol. The van der Waals surface area contributed by atoms with E-state index in [4.69, 9.17) is 16.3 Å². The maximum atomic E-state index is 10.7. The molecule has 0 bridgehead atoms. The molecular formula is C11H13ClO2. The van der Waals surface area contributed by atoms with Gasteiger partial charge in [-0.2, -0.15) is 0 Å². The molecule has 76 valence electrons. The average Bonchev–Trinajstić information content (AvgIpc) is 2.20. The zero-order chi connectivity index (χ0) is 10.6. The first-order chi connectivity index (χ1) is 6.69. The fraction of sp³-hybridized carbons (Fsp3) is 0.364. The van der Waals surface area contributed by atoms with Gasteiger partial charge in [-0.05, 0) is 25.1 Å². The highest BCUT2D eigenvalue weighted by molar-refractivity contribution is 6.30. The van der Waals surface area contributed by atoms with Gasteiger partial charge in [0.1, 0.15) is 12.0 Å². The highest BCUT2D eigenvalue weighted by Crippen LogP contribution is 2.28. The lowest BCUT2D eigenvalue weighted by atomic mass is 10.0. The Labute approximate surface area is 88.8 Å². The van der Waals surface area contributed by atoms with E-state index in [0.29, 0.717) is 11.6 Å². The van der Waals surface area contributed by atoms with Crippen LogP contribution in [0.1, 0.15) is 25.3 Å². The van der Waals surface area contributed by atoms with E-state index < -0.39 is 0 Å². The van der Waals surface area contributed by atoms with Crippen LogP contribution in [0.4, 0.5) is 0 Å². The Hall–Kier alpha value is -1.02. The lowest BCUT2D eigenvalue weighted by Gasteiger charge is -2.12. The van der Waals surface area contributed by atoms with E-state index in [1.807, 2.05) is 13.8 Å². The summed E-state index contributed by atoms with van der Waals surface area (Å²) in [5.74, 6) is 0.548. The van der Waals surface area contributed by atoms with Crippen LogP contribution in [-0.4, -0.2) is 12.9 Å². The van der Waals surface area contributed by atoms with Gasteiger partial charge in [0, 0.05) is 16.5 Å². The Morgan fingerprint density at radius 1 is 1.57 bits per heavy atom. The third-order valence-corrected chi connectivity index (χ3v) is 2.20. The number of rotatable bonds is 4. The van der Waals surface area contributed by atoms with E-state index in [1.54, 1.807) is 18.2 Å². The van der Waals surface area contributed by atoms with Crippen molar-refractivity contribution in [2.45, 2.75) is 19.8 Å². The molecule has 14 heavy (non-hydrogen) atoms. The molecule has 0 aliphatic rings. The van der Waals surface area contributed by atoms with Gasteiger partial charge in [0.25, 0.3) is 0 Å². The monoisotopic (exact) mass is 212 g/mol. The van der Waals surface area contributed by atoms with Crippen LogP contribution < -0.4 is 4.74 Å². The summed E-state index contributed by atoms with van der Waals surface area (Å²) in [6.45, 7) is 4.31. The third kappa shape index (κ3) is 2.48. The fourth-order valence-corrected chi connectivity index (χ4v) is 1.42. The van der Waals surface area contributed by atoms with Gasteiger partial charge in [0.2, 0.25) is 0 Å². The van der Waals surface area contributed by atoms with Crippen molar-refractivity contribution in [2.75, 3.05) is 6.61 Å². The van der Waals surface area contributed by atoms with Gasteiger partial charge in [-0.3, -0.25) is 0 Å². The number of carbonyl (C=O) groups is 1. The second-order valence-corrected chi connectivity index (χ2v) is 3.48. The highest BCUT2D eigenvalue weighted by Gasteiger charge is 2.11. The minimum Gasteiger partial charge on any atom is -0.494 e. The molecule has 0 heterocycles. The summed E-state index contributed by atoms with van der Waals surface area (Å²) >= 11 is 5.85. The van der Waals surface area contributed by atoms with Crippen LogP contribution in [0.5, 0.6) is 5.75 Å². The molecule has 0 aliphatic heterocycles. The first kappa shape index (κ1) is 11.1. The molecule has 1 atom stereocenters. The first-order valence-corrected chi connectivity index (χ1v) is 4.94. The Kier molecular flexibility index (Phi) is 3.96. The van der Waals surface area contributed by atoms with Crippen molar-refractivity contribution in [3.63, 3.8) is 0 Å². The van der Waals surface area contributed by atoms with Gasteiger partial charge < -0.3 is 9.53 Å². The summed E-state index contributed by atoms with van der Waals surface area (Å²) in [6.07, 6.45) is 0.883. The molecule has 0 saturated carbocycles. The van der Waals surface area contributed by atoms with Crippen molar-refractivity contribution in [3.05, 3.63) is 28.8 Å². The van der Waals surface area contributed by atoms with Crippen LogP contribution in [0, 0.1) is 0 Å². The molecule has 1 unspecified atom stereocenters. The number of ether oxygens (including phenoxy) is 1. The Morgan fingerprint density at radius 2 is 2.29 bits per heavy atom. The van der Waals surface area contributed by atoms with Crippen LogP contribution >= 0.6 is 11.6 Å². The molecule has 0 radical (unpaired) electrons. The molecule has 1 aromatic carbocycles. The lowest BCUT2D eigenvalue weighted by molar-refractivity contribution is -0.108. The van der Waals surface area contributed by atoms with Crippen molar-refractivity contribution in [2.24, 2.45) is 0 Å². The third-order valence-electron chi connectivity index (χ3n) is 1.97. The van der Waals surface area contributed by atoms with Crippen LogP contribution in [0.3, 0.4) is 0 Å². The minimum absolute atomic E-state index is 0.185. The van der Waals surface area contributed by atoms with E-state index in [1.165, 1.54) is 0 Å². The number of aldehydes is 1. The number of benzene rings is 1. The molecule has 1 aromatic rings. The van der Waals surface area contributed by atoms with Gasteiger partial charge in [-0.25, -0.2) is 0 Å². The summed E-state index contributed by atoms with van der Waals surface area (Å²) in [5.41, 5.74) is 0.842. The van der Waals surface area contributed by atoms with E-state index in [2.05, 4.69) is 0 Å². The molecule has 0 spiro atoms. The number of halogens is 1. The zero-order valence-electron chi connectivity index (χ0n) is 8.29. The molecule has 0 fully saturated rings. The van der Waals surface area contributed by atoms with Crippen molar-refractivity contribution < 1.29 is 9.53 Å². The van der Waals surface area contributed by atoms with E-state index in [-0.39, 0.29) is 5.92 Å². The summed E-state index contributed by atoms with van der Waals surface area (Å²) in [6, 6.07) is 5.32. The maximum Gasteiger partial charge on any atom is 0.127 e. The lowest BCUT2D eigenvalue weighted by Crippen LogP contribution is -2.01. The second-order valence-electron chi connectivity index (χ2n) is 3.04. The quantitative estimate of drug-likeness (QED) is 0.718. The Balaban J connectivity index is 3.08. The molecule has 1 rings (SSSR count). The van der Waals surface area contributed by atoms with Crippen molar-refractivity contribution in [1.82, 2.24) is 0 Å². The van der Waals surface area contributed by atoms with Crippen LogP contribution in [0.2, 0.25) is 5.02 Å². The average molecular weight is 213 g/mol. The Morgan fingerprint density at radius 3 is 2.86 bits per heavy atom. The van der Waals surface area contributed by atoms with Crippen molar-refractivity contribution >= 4 is 17.9 Å². The second kappa shape index (κ2) is 5.01. The molecule has 0 N–H and O–H groups in total. The summed E-state index contributed by atoms with van der Waals surface area (Å²) in [7, 11) is 0. The molecule has 0 aliphatic carbocycles. The molecule has 3 heteroatoms. The first-order valence-electron chi connectivity index (χ1n) is 4.56. The van der Waals surface area contributed by atoms with E-state index in [9.17, 15) is 4.79 Å². The van der Waals surface area contributed by atoms with Gasteiger partial charge >= 0.3 is 0 Å². The van der Waals surface area contributed by atoms with E-state index >= 15 is 0 Å². The van der Waals surface area contributed by atoms with Gasteiger partial charge in [0.05, 0.1) is 6.61 Å². The summed E-state index contributed by atoms with van der Waals surface area (Å²) < 4.78 is 5.40. The van der Waals surface area contributed by atoms with Crippen LogP contribution in [0.25, 0.3) is 0 Å². The molecule has 2 nitrogen and oxygen atoms in total. The Bertz CT molecular complexity index is 323. The number of hydrogen-bond donors (Lipinski definition) is 0. The van der Waals surface area contributed by atoms with Crippen LogP contribution in [0.15, 0.2) is 18.2 Å². The van der Waals surface area contributed by atoms with Gasteiger partial charge in [-0.1, -0.05) is 18.5 Å². The van der Waals surface area contributed by atoms with Crippen molar-refractivity contribution in [3.8, 4) is 5.75 Å². The van der Waals surface area contributed by atoms with Gasteiger partial charge in [-0.15, -0.1) is 0 Å². The van der Waals surface area contributed by atoms with E-state index in [0.717, 1.165) is 17.6 Å². The summed E-state index contributed by atoms with van der Waals surface area (Å²) in [5, 5.41) is 0.622. The fourth-order valence-electron chi connectivity index (χ4n) is 1.24. The van der Waals surface area contributed by atoms with Gasteiger partial charge in [0.15, 0.2) is 0 Å². The smallest absolute Gasteiger partial charge is 0.127 e. The predicted octanol–water partition coefficient (Wildman–Crippen LogP) is 3.04. The number of carbonyl (C=O) groups excluding carboxylic acids is 1. The normalized spacial score (nSPS) is 12.2. The topological polar surface area (TPSA) is 26.3 Å². The van der Waals surface area contributed by atoms with Crippen LogP contribution in [-0.2, 0) is 4.79 Å².